The van der Waals surface area contributed by atoms with Gasteiger partial charge < -0.3 is 5.32 Å². The molecule has 6 heteroatoms. The summed E-state index contributed by atoms with van der Waals surface area (Å²) in [5.74, 6) is -0.261. The van der Waals surface area contributed by atoms with E-state index in [2.05, 4.69) is 26.3 Å². The minimum absolute atomic E-state index is 0.0745. The highest BCUT2D eigenvalue weighted by atomic mass is 79.9. The fraction of sp³-hybridized carbons (Fsp3) is 0.400. The molecule has 2 aromatic rings. The van der Waals surface area contributed by atoms with Crippen LogP contribution in [0.5, 0.6) is 0 Å². The first-order valence-electron chi connectivity index (χ1n) is 6.72. The quantitative estimate of drug-likeness (QED) is 0.865. The Morgan fingerprint density at radius 1 is 1.43 bits per heavy atom. The Morgan fingerprint density at radius 2 is 2.14 bits per heavy atom. The summed E-state index contributed by atoms with van der Waals surface area (Å²) in [6, 6.07) is 4.86. The molecule has 1 N–H and O–H groups in total. The molecule has 0 amide bonds. The SMILES string of the molecule is CNC(Cc1c(F)cccc1Cl)Cc1c(Br)c(C)nn1C. The summed E-state index contributed by atoms with van der Waals surface area (Å²) in [6.07, 6.45) is 1.26. The second-order valence-electron chi connectivity index (χ2n) is 5.06. The topological polar surface area (TPSA) is 29.9 Å². The Morgan fingerprint density at radius 3 is 2.67 bits per heavy atom. The highest BCUT2D eigenvalue weighted by Crippen LogP contribution is 2.24. The van der Waals surface area contributed by atoms with Crippen molar-refractivity contribution in [1.29, 1.82) is 0 Å². The Labute approximate surface area is 137 Å². The molecule has 1 unspecified atom stereocenters. The van der Waals surface area contributed by atoms with Crippen molar-refractivity contribution in [2.45, 2.75) is 25.8 Å². The van der Waals surface area contributed by atoms with Gasteiger partial charge in [0.1, 0.15) is 5.82 Å². The lowest BCUT2D eigenvalue weighted by molar-refractivity contribution is 0.516. The zero-order chi connectivity index (χ0) is 15.6. The Balaban J connectivity index is 2.21. The molecule has 0 fully saturated rings. The van der Waals surface area contributed by atoms with Crippen molar-refractivity contribution in [3.63, 3.8) is 0 Å². The highest BCUT2D eigenvalue weighted by Gasteiger charge is 2.18. The maximum Gasteiger partial charge on any atom is 0.127 e. The predicted molar refractivity (Wildman–Crippen MR) is 87.3 cm³/mol. The molecule has 2 rings (SSSR count). The molecule has 1 aromatic carbocycles. The van der Waals surface area contributed by atoms with Crippen LogP contribution in [-0.2, 0) is 19.9 Å². The van der Waals surface area contributed by atoms with Gasteiger partial charge in [-0.25, -0.2) is 4.39 Å². The first-order valence-corrected chi connectivity index (χ1v) is 7.89. The normalized spacial score (nSPS) is 12.7. The third kappa shape index (κ3) is 3.65. The second kappa shape index (κ2) is 6.90. The van der Waals surface area contributed by atoms with Crippen LogP contribution in [0.1, 0.15) is 17.0 Å². The zero-order valence-electron chi connectivity index (χ0n) is 12.3. The summed E-state index contributed by atoms with van der Waals surface area (Å²) < 4.78 is 16.8. The van der Waals surface area contributed by atoms with Crippen molar-refractivity contribution in [3.05, 3.63) is 50.5 Å². The molecule has 1 aromatic heterocycles. The molecule has 114 valence electrons. The summed E-state index contributed by atoms with van der Waals surface area (Å²) in [5, 5.41) is 8.08. The van der Waals surface area contributed by atoms with Gasteiger partial charge in [-0.3, -0.25) is 4.68 Å². The number of halogens is 3. The van der Waals surface area contributed by atoms with Gasteiger partial charge >= 0.3 is 0 Å². The Hall–Kier alpha value is -0.910. The van der Waals surface area contributed by atoms with Gasteiger partial charge in [-0.05, 0) is 48.5 Å². The molecular weight excluding hydrogens is 357 g/mol. The number of aromatic nitrogens is 2. The van der Waals surface area contributed by atoms with E-state index in [9.17, 15) is 4.39 Å². The third-order valence-corrected chi connectivity index (χ3v) is 5.01. The van der Waals surface area contributed by atoms with Crippen LogP contribution in [-0.4, -0.2) is 22.9 Å². The molecule has 0 saturated heterocycles. The van der Waals surface area contributed by atoms with Crippen molar-refractivity contribution in [2.24, 2.45) is 7.05 Å². The van der Waals surface area contributed by atoms with Crippen molar-refractivity contribution >= 4 is 27.5 Å². The minimum Gasteiger partial charge on any atom is -0.316 e. The summed E-state index contributed by atoms with van der Waals surface area (Å²) in [4.78, 5) is 0. The lowest BCUT2D eigenvalue weighted by Crippen LogP contribution is -2.31. The van der Waals surface area contributed by atoms with E-state index >= 15 is 0 Å². The van der Waals surface area contributed by atoms with Crippen molar-refractivity contribution in [2.75, 3.05) is 7.05 Å². The van der Waals surface area contributed by atoms with Crippen LogP contribution >= 0.6 is 27.5 Å². The van der Waals surface area contributed by atoms with E-state index in [1.165, 1.54) is 6.07 Å². The third-order valence-electron chi connectivity index (χ3n) is 3.62. The van der Waals surface area contributed by atoms with Gasteiger partial charge in [0.15, 0.2) is 0 Å². The summed E-state index contributed by atoms with van der Waals surface area (Å²) in [7, 11) is 3.78. The van der Waals surface area contributed by atoms with Gasteiger partial charge in [-0.1, -0.05) is 17.7 Å². The van der Waals surface area contributed by atoms with E-state index < -0.39 is 0 Å². The van der Waals surface area contributed by atoms with Crippen LogP contribution in [0.4, 0.5) is 4.39 Å². The molecule has 1 heterocycles. The summed E-state index contributed by atoms with van der Waals surface area (Å²) >= 11 is 9.67. The average Bonchev–Trinajstić information content (AvgIpc) is 2.67. The van der Waals surface area contributed by atoms with E-state index in [0.717, 1.165) is 22.3 Å². The van der Waals surface area contributed by atoms with E-state index in [-0.39, 0.29) is 11.9 Å². The first-order chi connectivity index (χ1) is 9.93. The standard InChI is InChI=1S/C15H18BrClFN3/c1-9-15(16)14(21(3)20-9)8-10(19-2)7-11-12(17)5-4-6-13(11)18/h4-6,10,19H,7-8H2,1-3H3. The van der Waals surface area contributed by atoms with Gasteiger partial charge in [0.25, 0.3) is 0 Å². The van der Waals surface area contributed by atoms with Gasteiger partial charge in [-0.15, -0.1) is 0 Å². The van der Waals surface area contributed by atoms with Gasteiger partial charge in [-0.2, -0.15) is 5.10 Å². The highest BCUT2D eigenvalue weighted by molar-refractivity contribution is 9.10. The Bertz CT molecular complexity index is 622. The minimum atomic E-state index is -0.261. The number of hydrogen-bond donors (Lipinski definition) is 1. The number of nitrogens with zero attached hydrogens (tertiary/aromatic N) is 2. The van der Waals surface area contributed by atoms with Crippen LogP contribution in [0.2, 0.25) is 5.02 Å². The molecule has 21 heavy (non-hydrogen) atoms. The fourth-order valence-corrected chi connectivity index (χ4v) is 3.12. The maximum absolute atomic E-state index is 13.9. The molecule has 0 aliphatic heterocycles. The number of aryl methyl sites for hydroxylation is 2. The smallest absolute Gasteiger partial charge is 0.127 e. The Kier molecular flexibility index (Phi) is 5.41. The average molecular weight is 375 g/mol. The lowest BCUT2D eigenvalue weighted by Gasteiger charge is -2.18. The monoisotopic (exact) mass is 373 g/mol. The first kappa shape index (κ1) is 16.5. The van der Waals surface area contributed by atoms with Gasteiger partial charge in [0.05, 0.1) is 15.9 Å². The van der Waals surface area contributed by atoms with Crippen molar-refractivity contribution in [1.82, 2.24) is 15.1 Å². The molecule has 0 saturated carbocycles. The molecule has 0 bridgehead atoms. The lowest BCUT2D eigenvalue weighted by atomic mass is 10.0. The predicted octanol–water partition coefficient (Wildman–Crippen LogP) is 3.66. The number of benzene rings is 1. The molecular formula is C15H18BrClFN3. The summed E-state index contributed by atoms with van der Waals surface area (Å²) in [6.45, 7) is 1.95. The van der Waals surface area contributed by atoms with E-state index in [0.29, 0.717) is 17.0 Å². The molecule has 0 spiro atoms. The van der Waals surface area contributed by atoms with Crippen LogP contribution in [0.3, 0.4) is 0 Å². The molecule has 0 aliphatic rings. The van der Waals surface area contributed by atoms with Crippen LogP contribution in [0.25, 0.3) is 0 Å². The fourth-order valence-electron chi connectivity index (χ4n) is 2.39. The molecule has 0 aliphatic carbocycles. The zero-order valence-corrected chi connectivity index (χ0v) is 14.6. The second-order valence-corrected chi connectivity index (χ2v) is 6.26. The van der Waals surface area contributed by atoms with Crippen LogP contribution in [0, 0.1) is 12.7 Å². The molecule has 1 atom stereocenters. The van der Waals surface area contributed by atoms with E-state index in [1.807, 2.05) is 25.7 Å². The van der Waals surface area contributed by atoms with E-state index in [1.54, 1.807) is 12.1 Å². The molecule has 0 radical (unpaired) electrons. The van der Waals surface area contributed by atoms with Crippen LogP contribution in [0.15, 0.2) is 22.7 Å². The van der Waals surface area contributed by atoms with Crippen LogP contribution < -0.4 is 5.32 Å². The number of hydrogen-bond acceptors (Lipinski definition) is 2. The summed E-state index contributed by atoms with van der Waals surface area (Å²) in [5.41, 5.74) is 2.58. The van der Waals surface area contributed by atoms with Crippen molar-refractivity contribution in [3.8, 4) is 0 Å². The van der Waals surface area contributed by atoms with Gasteiger partial charge in [0, 0.05) is 30.1 Å². The van der Waals surface area contributed by atoms with Gasteiger partial charge in [0.2, 0.25) is 0 Å². The largest absolute Gasteiger partial charge is 0.316 e. The maximum atomic E-state index is 13.9. The molecule has 3 nitrogen and oxygen atoms in total. The van der Waals surface area contributed by atoms with Crippen molar-refractivity contribution < 1.29 is 4.39 Å². The number of likely N-dealkylation sites (N-methyl/N-ethyl adjacent to an activating group) is 1. The number of nitrogens with one attached hydrogen (secondary N) is 1. The number of rotatable bonds is 5. The van der Waals surface area contributed by atoms with E-state index in [4.69, 9.17) is 11.6 Å².